The molecule has 0 unspecified atom stereocenters. The Hall–Kier alpha value is -1.89. The van der Waals surface area contributed by atoms with Crippen LogP contribution in [0.3, 0.4) is 0 Å². The van der Waals surface area contributed by atoms with E-state index in [2.05, 4.69) is 10.3 Å². The number of non-ortho nitro benzene ring substituents is 1. The Morgan fingerprint density at radius 1 is 1.38 bits per heavy atom. The van der Waals surface area contributed by atoms with Crippen molar-refractivity contribution in [1.29, 1.82) is 0 Å². The number of carbonyl (C=O) groups excluding carboxylic acids is 1. The molecule has 112 valence electrons. The topological polar surface area (TPSA) is 84.6 Å². The zero-order valence-corrected chi connectivity index (χ0v) is 12.4. The highest BCUT2D eigenvalue weighted by molar-refractivity contribution is 8.14. The highest BCUT2D eigenvalue weighted by Gasteiger charge is 2.10. The van der Waals surface area contributed by atoms with Gasteiger partial charge in [-0.3, -0.25) is 19.9 Å². The number of aliphatic imine (C=N–C) groups is 1. The highest BCUT2D eigenvalue weighted by atomic mass is 32.2. The number of carbonyl (C=O) groups is 1. The van der Waals surface area contributed by atoms with Crippen molar-refractivity contribution in [1.82, 2.24) is 0 Å². The number of amides is 1. The van der Waals surface area contributed by atoms with Gasteiger partial charge in [-0.1, -0.05) is 12.5 Å². The minimum atomic E-state index is -0.481. The molecule has 0 radical (unpaired) electrons. The van der Waals surface area contributed by atoms with Gasteiger partial charge in [-0.15, -0.1) is 11.8 Å². The fourth-order valence-electron chi connectivity index (χ4n) is 2.01. The molecule has 0 atom stereocenters. The van der Waals surface area contributed by atoms with Gasteiger partial charge in [0.1, 0.15) is 0 Å². The molecule has 6 nitrogen and oxygen atoms in total. The Bertz CT molecular complexity index is 560. The monoisotopic (exact) mass is 307 g/mol. The Morgan fingerprint density at radius 3 is 3.05 bits per heavy atom. The Labute approximate surface area is 127 Å². The number of rotatable bonds is 4. The van der Waals surface area contributed by atoms with Crippen molar-refractivity contribution in [2.75, 3.05) is 17.6 Å². The van der Waals surface area contributed by atoms with Gasteiger partial charge in [0.25, 0.3) is 5.69 Å². The number of nitrogens with zero attached hydrogens (tertiary/aromatic N) is 2. The summed E-state index contributed by atoms with van der Waals surface area (Å²) >= 11 is 1.45. The summed E-state index contributed by atoms with van der Waals surface area (Å²) in [6, 6.07) is 5.94. The lowest BCUT2D eigenvalue weighted by Crippen LogP contribution is -2.15. The van der Waals surface area contributed by atoms with Crippen molar-refractivity contribution >= 4 is 34.1 Å². The zero-order chi connectivity index (χ0) is 15.1. The fraction of sp³-hybridized carbons (Fsp3) is 0.429. The third-order valence-electron chi connectivity index (χ3n) is 3.05. The molecule has 0 saturated carbocycles. The van der Waals surface area contributed by atoms with Crippen molar-refractivity contribution in [3.63, 3.8) is 0 Å². The van der Waals surface area contributed by atoms with E-state index in [0.717, 1.165) is 30.9 Å². The number of nitro groups is 1. The highest BCUT2D eigenvalue weighted by Crippen LogP contribution is 2.19. The first-order valence-electron chi connectivity index (χ1n) is 6.85. The number of hydrogen-bond acceptors (Lipinski definition) is 5. The summed E-state index contributed by atoms with van der Waals surface area (Å²) in [5.74, 6) is 0.106. The van der Waals surface area contributed by atoms with E-state index in [-0.39, 0.29) is 17.3 Å². The third kappa shape index (κ3) is 5.18. The molecule has 0 aromatic heterocycles. The quantitative estimate of drug-likeness (QED) is 0.683. The molecule has 21 heavy (non-hydrogen) atoms. The van der Waals surface area contributed by atoms with E-state index in [4.69, 9.17) is 0 Å². The van der Waals surface area contributed by atoms with Crippen LogP contribution in [-0.2, 0) is 4.79 Å². The van der Waals surface area contributed by atoms with Crippen LogP contribution < -0.4 is 5.32 Å². The van der Waals surface area contributed by atoms with Gasteiger partial charge in [0.15, 0.2) is 0 Å². The first-order chi connectivity index (χ1) is 10.1. The second kappa shape index (κ2) is 7.78. The molecular weight excluding hydrogens is 290 g/mol. The maximum atomic E-state index is 11.9. The fourth-order valence-corrected chi connectivity index (χ4v) is 2.85. The van der Waals surface area contributed by atoms with Crippen molar-refractivity contribution in [2.45, 2.75) is 25.7 Å². The molecule has 0 aliphatic carbocycles. The largest absolute Gasteiger partial charge is 0.325 e. The summed E-state index contributed by atoms with van der Waals surface area (Å²) < 4.78 is 0. The van der Waals surface area contributed by atoms with Crippen LogP contribution in [0.5, 0.6) is 0 Å². The van der Waals surface area contributed by atoms with E-state index in [0.29, 0.717) is 5.69 Å². The predicted octanol–water partition coefficient (Wildman–Crippen LogP) is 3.24. The number of anilines is 1. The third-order valence-corrected chi connectivity index (χ3v) is 4.12. The number of benzene rings is 1. The van der Waals surface area contributed by atoms with Crippen molar-refractivity contribution in [3.05, 3.63) is 34.4 Å². The molecule has 7 heteroatoms. The van der Waals surface area contributed by atoms with Crippen LogP contribution in [0.1, 0.15) is 25.7 Å². The molecule has 1 amide bonds. The van der Waals surface area contributed by atoms with E-state index in [1.165, 1.54) is 30.3 Å². The molecule has 0 spiro atoms. The SMILES string of the molecule is O=C(CSC1=NCCCCC1)Nc1cccc([N+](=O)[O-])c1. The van der Waals surface area contributed by atoms with Crippen LogP contribution in [0.25, 0.3) is 0 Å². The Morgan fingerprint density at radius 2 is 2.24 bits per heavy atom. The molecule has 2 rings (SSSR count). The Kier molecular flexibility index (Phi) is 5.74. The first-order valence-corrected chi connectivity index (χ1v) is 7.84. The smallest absolute Gasteiger partial charge is 0.271 e. The van der Waals surface area contributed by atoms with Gasteiger partial charge in [0.05, 0.1) is 15.7 Å². The van der Waals surface area contributed by atoms with Gasteiger partial charge in [-0.05, 0) is 25.3 Å². The lowest BCUT2D eigenvalue weighted by atomic mass is 10.2. The van der Waals surface area contributed by atoms with Gasteiger partial charge in [-0.2, -0.15) is 0 Å². The molecule has 0 fully saturated rings. The maximum Gasteiger partial charge on any atom is 0.271 e. The summed E-state index contributed by atoms with van der Waals surface area (Å²) in [5.41, 5.74) is 0.409. The number of nitrogens with one attached hydrogen (secondary N) is 1. The molecular formula is C14H17N3O3S. The molecule has 0 saturated heterocycles. The summed E-state index contributed by atoms with van der Waals surface area (Å²) in [7, 11) is 0. The predicted molar refractivity (Wildman–Crippen MR) is 85.0 cm³/mol. The molecule has 1 heterocycles. The molecule has 1 aliphatic heterocycles. The lowest BCUT2D eigenvalue weighted by Gasteiger charge is -2.06. The van der Waals surface area contributed by atoms with E-state index in [9.17, 15) is 14.9 Å². The maximum absolute atomic E-state index is 11.9. The summed E-state index contributed by atoms with van der Waals surface area (Å²) in [4.78, 5) is 26.5. The average Bonchev–Trinajstić information content (AvgIpc) is 2.74. The van der Waals surface area contributed by atoms with Crippen LogP contribution in [-0.4, -0.2) is 28.2 Å². The number of thioether (sulfide) groups is 1. The summed E-state index contributed by atoms with van der Waals surface area (Å²) in [6.45, 7) is 0.842. The van der Waals surface area contributed by atoms with Crippen molar-refractivity contribution < 1.29 is 9.72 Å². The van der Waals surface area contributed by atoms with Crippen LogP contribution in [0, 0.1) is 10.1 Å². The second-order valence-electron chi connectivity index (χ2n) is 4.73. The number of nitro benzene ring substituents is 1. The van der Waals surface area contributed by atoms with Crippen molar-refractivity contribution in [3.8, 4) is 0 Å². The van der Waals surface area contributed by atoms with Gasteiger partial charge >= 0.3 is 0 Å². The van der Waals surface area contributed by atoms with Crippen LogP contribution in [0.15, 0.2) is 29.3 Å². The van der Waals surface area contributed by atoms with E-state index in [1.54, 1.807) is 12.1 Å². The Balaban J connectivity index is 1.85. The van der Waals surface area contributed by atoms with Gasteiger partial charge in [-0.25, -0.2) is 0 Å². The van der Waals surface area contributed by atoms with Crippen molar-refractivity contribution in [2.24, 2.45) is 4.99 Å². The van der Waals surface area contributed by atoms with Crippen LogP contribution >= 0.6 is 11.8 Å². The summed E-state index contributed by atoms with van der Waals surface area (Å²) in [5, 5.41) is 14.4. The minimum Gasteiger partial charge on any atom is -0.325 e. The van der Waals surface area contributed by atoms with Gasteiger partial charge in [0, 0.05) is 24.4 Å². The zero-order valence-electron chi connectivity index (χ0n) is 11.6. The van der Waals surface area contributed by atoms with E-state index >= 15 is 0 Å². The molecule has 1 aromatic carbocycles. The number of hydrogen-bond donors (Lipinski definition) is 1. The van der Waals surface area contributed by atoms with E-state index in [1.807, 2.05) is 0 Å². The second-order valence-corrected chi connectivity index (χ2v) is 5.78. The average molecular weight is 307 g/mol. The minimum absolute atomic E-state index is 0.0337. The van der Waals surface area contributed by atoms with E-state index < -0.39 is 4.92 Å². The van der Waals surface area contributed by atoms with Gasteiger partial charge in [0.2, 0.25) is 5.91 Å². The lowest BCUT2D eigenvalue weighted by molar-refractivity contribution is -0.384. The molecule has 0 bridgehead atoms. The molecule has 1 aliphatic rings. The standard InChI is InChI=1S/C14H17N3O3S/c18-13(10-21-14-7-2-1-3-8-15-14)16-11-5-4-6-12(9-11)17(19)20/h4-6,9H,1-3,7-8,10H2,(H,16,18). The van der Waals surface area contributed by atoms with Gasteiger partial charge < -0.3 is 5.32 Å². The van der Waals surface area contributed by atoms with Crippen LogP contribution in [0.2, 0.25) is 0 Å². The molecule has 1 N–H and O–H groups in total. The van der Waals surface area contributed by atoms with Crippen LogP contribution in [0.4, 0.5) is 11.4 Å². The normalized spacial score (nSPS) is 15.0. The first kappa shape index (κ1) is 15.5. The molecule has 1 aromatic rings. The summed E-state index contributed by atoms with van der Waals surface area (Å²) in [6.07, 6.45) is 4.37.